The lowest BCUT2D eigenvalue weighted by Gasteiger charge is -2.35. The smallest absolute Gasteiger partial charge is 0.416 e. The highest BCUT2D eigenvalue weighted by Gasteiger charge is 2.41. The van der Waals surface area contributed by atoms with E-state index in [1.54, 1.807) is 45.0 Å². The van der Waals surface area contributed by atoms with E-state index in [2.05, 4.69) is 10.6 Å². The molecule has 0 radical (unpaired) electrons. The first-order valence-electron chi connectivity index (χ1n) is 14.8. The van der Waals surface area contributed by atoms with Crippen molar-refractivity contribution in [1.82, 2.24) is 19.8 Å². The van der Waals surface area contributed by atoms with Crippen LogP contribution in [0.2, 0.25) is 0 Å². The van der Waals surface area contributed by atoms with E-state index in [0.29, 0.717) is 18.5 Å². The largest absolute Gasteiger partial charge is 0.480 e. The second kappa shape index (κ2) is 14.0. The molecule has 2 heterocycles. The Hall–Kier alpha value is -4.01. The number of benzene rings is 2. The molecule has 0 aliphatic carbocycles. The van der Waals surface area contributed by atoms with Gasteiger partial charge < -0.3 is 25.2 Å². The zero-order chi connectivity index (χ0) is 32.9. The fraction of sp³-hybridized carbons (Fsp3) is 0.484. The molecule has 45 heavy (non-hydrogen) atoms. The zero-order valence-corrected chi connectivity index (χ0v) is 26.6. The van der Waals surface area contributed by atoms with Crippen molar-refractivity contribution < 1.29 is 42.2 Å². The minimum Gasteiger partial charge on any atom is -0.480 e. The van der Waals surface area contributed by atoms with Crippen molar-refractivity contribution in [3.63, 3.8) is 0 Å². The number of hydrogen-bond acceptors (Lipinski definition) is 9. The number of carbonyl (C=O) groups is 4. The Balaban J connectivity index is 1.38. The number of ether oxygens (including phenoxy) is 2. The third kappa shape index (κ3) is 8.59. The van der Waals surface area contributed by atoms with Crippen LogP contribution < -0.4 is 15.4 Å². The molecule has 3 N–H and O–H groups in total. The number of sulfonamides is 1. The highest BCUT2D eigenvalue weighted by atomic mass is 32.2. The van der Waals surface area contributed by atoms with Crippen LogP contribution in [0.4, 0.5) is 4.79 Å². The number of amides is 2. The van der Waals surface area contributed by atoms with Gasteiger partial charge in [-0.05, 0) is 70.4 Å². The van der Waals surface area contributed by atoms with Crippen molar-refractivity contribution in [2.24, 2.45) is 0 Å². The maximum atomic E-state index is 13.3. The lowest BCUT2D eigenvalue weighted by molar-refractivity contribution is -0.161. The summed E-state index contributed by atoms with van der Waals surface area (Å²) in [5.41, 5.74) is 0.710. The quantitative estimate of drug-likeness (QED) is 0.343. The van der Waals surface area contributed by atoms with Gasteiger partial charge in [0.05, 0.1) is 4.90 Å². The molecule has 13 nitrogen and oxygen atoms in total. The molecule has 4 rings (SSSR count). The summed E-state index contributed by atoms with van der Waals surface area (Å²) in [6.07, 6.45) is -0.0817. The summed E-state index contributed by atoms with van der Waals surface area (Å²) >= 11 is 0. The topological polar surface area (TPSA) is 172 Å². The van der Waals surface area contributed by atoms with Gasteiger partial charge in [0.1, 0.15) is 29.5 Å². The number of carbonyl (C=O) groups excluding carboxylic acids is 3. The number of nitrogens with zero attached hydrogens (tertiary/aromatic N) is 2. The van der Waals surface area contributed by atoms with Crippen LogP contribution in [0.25, 0.3) is 0 Å². The van der Waals surface area contributed by atoms with E-state index >= 15 is 0 Å². The van der Waals surface area contributed by atoms with Crippen molar-refractivity contribution in [2.75, 3.05) is 26.2 Å². The van der Waals surface area contributed by atoms with Crippen LogP contribution in [0.5, 0.6) is 5.75 Å². The molecule has 2 aliphatic heterocycles. The number of aryl methyl sites for hydroxylation is 1. The Labute approximate surface area is 262 Å². The standard InChI is InChI=1S/C31H40N4O9S/c1-20-7-13-23(14-8-20)45(41,42)35-16-5-6-25(35)27(36)33-24(28(37)38)18-21-9-11-22(12-10-21)43-30(40)34-17-15-32-19-26(34)29(39)44-31(2,3)4/h7-14,24-26,32H,5-6,15-19H2,1-4H3,(H,33,36)(H,37,38)/t24-,25-,26?/m0/s1. The van der Waals surface area contributed by atoms with Gasteiger partial charge in [-0.3, -0.25) is 9.69 Å². The van der Waals surface area contributed by atoms with E-state index < -0.39 is 57.7 Å². The van der Waals surface area contributed by atoms with Gasteiger partial charge in [-0.15, -0.1) is 0 Å². The first-order chi connectivity index (χ1) is 21.2. The summed E-state index contributed by atoms with van der Waals surface area (Å²) in [7, 11) is -3.95. The molecule has 1 unspecified atom stereocenters. The second-order valence-electron chi connectivity index (χ2n) is 12.1. The van der Waals surface area contributed by atoms with E-state index in [1.807, 2.05) is 6.92 Å². The zero-order valence-electron chi connectivity index (χ0n) is 25.8. The fourth-order valence-corrected chi connectivity index (χ4v) is 6.85. The van der Waals surface area contributed by atoms with Crippen LogP contribution in [-0.4, -0.2) is 96.6 Å². The van der Waals surface area contributed by atoms with E-state index in [-0.39, 0.29) is 43.1 Å². The average molecular weight is 645 g/mol. The maximum absolute atomic E-state index is 13.3. The van der Waals surface area contributed by atoms with Gasteiger partial charge >= 0.3 is 18.0 Å². The lowest BCUT2D eigenvalue weighted by atomic mass is 10.1. The predicted octanol–water partition coefficient (Wildman–Crippen LogP) is 2.07. The third-order valence-corrected chi connectivity index (χ3v) is 9.40. The Morgan fingerprint density at radius 2 is 1.69 bits per heavy atom. The molecule has 0 bridgehead atoms. The van der Waals surface area contributed by atoms with Crippen molar-refractivity contribution in [3.8, 4) is 5.75 Å². The SMILES string of the molecule is Cc1ccc(S(=O)(=O)N2CCC[C@H]2C(=O)N[C@@H](Cc2ccc(OC(=O)N3CCNCC3C(=O)OC(C)(C)C)cc2)C(=O)O)cc1. The van der Waals surface area contributed by atoms with Crippen LogP contribution in [0.1, 0.15) is 44.7 Å². The summed E-state index contributed by atoms with van der Waals surface area (Å²) in [5, 5.41) is 15.4. The number of hydrogen-bond donors (Lipinski definition) is 3. The highest BCUT2D eigenvalue weighted by molar-refractivity contribution is 7.89. The number of carboxylic acids is 1. The molecule has 14 heteroatoms. The van der Waals surface area contributed by atoms with E-state index in [4.69, 9.17) is 9.47 Å². The van der Waals surface area contributed by atoms with Gasteiger partial charge in [0.25, 0.3) is 0 Å². The predicted molar refractivity (Wildman–Crippen MR) is 163 cm³/mol. The number of piperazine rings is 1. The molecular weight excluding hydrogens is 604 g/mol. The number of esters is 1. The first-order valence-corrected chi connectivity index (χ1v) is 16.2. The first kappa shape index (κ1) is 33.9. The molecule has 2 aliphatic rings. The van der Waals surface area contributed by atoms with Crippen LogP contribution in [-0.2, 0) is 35.6 Å². The Morgan fingerprint density at radius 1 is 1.02 bits per heavy atom. The summed E-state index contributed by atoms with van der Waals surface area (Å²) in [5.74, 6) is -2.32. The Kier molecular flexibility index (Phi) is 10.5. The number of aliphatic carboxylic acids is 1. The Bertz CT molecular complexity index is 1500. The van der Waals surface area contributed by atoms with Crippen molar-refractivity contribution >= 4 is 34.0 Å². The van der Waals surface area contributed by atoms with E-state index in [9.17, 15) is 32.7 Å². The van der Waals surface area contributed by atoms with Crippen molar-refractivity contribution in [3.05, 3.63) is 59.7 Å². The van der Waals surface area contributed by atoms with Gasteiger partial charge in [0.2, 0.25) is 15.9 Å². The molecule has 2 aromatic rings. The summed E-state index contributed by atoms with van der Waals surface area (Å²) in [4.78, 5) is 52.3. The van der Waals surface area contributed by atoms with Gasteiger partial charge in [-0.2, -0.15) is 4.31 Å². The van der Waals surface area contributed by atoms with Crippen LogP contribution >= 0.6 is 0 Å². The molecular formula is C31H40N4O9S. The van der Waals surface area contributed by atoms with E-state index in [1.165, 1.54) is 29.2 Å². The molecule has 0 saturated carbocycles. The summed E-state index contributed by atoms with van der Waals surface area (Å²) < 4.78 is 38.6. The van der Waals surface area contributed by atoms with Gasteiger partial charge in [0.15, 0.2) is 0 Å². The molecule has 2 amide bonds. The van der Waals surface area contributed by atoms with Crippen molar-refractivity contribution in [1.29, 1.82) is 0 Å². The maximum Gasteiger partial charge on any atom is 0.416 e. The number of carboxylic acid groups (broad SMARTS) is 1. The van der Waals surface area contributed by atoms with E-state index in [0.717, 1.165) is 9.87 Å². The molecule has 2 saturated heterocycles. The molecule has 3 atom stereocenters. The minimum atomic E-state index is -3.95. The van der Waals surface area contributed by atoms with Gasteiger partial charge in [-0.1, -0.05) is 29.8 Å². The fourth-order valence-electron chi connectivity index (χ4n) is 5.20. The summed E-state index contributed by atoms with van der Waals surface area (Å²) in [6, 6.07) is 9.23. The second-order valence-corrected chi connectivity index (χ2v) is 14.0. The van der Waals surface area contributed by atoms with Crippen molar-refractivity contribution in [2.45, 2.75) is 75.6 Å². The molecule has 244 valence electrons. The average Bonchev–Trinajstić information content (AvgIpc) is 3.48. The molecule has 0 aromatic heterocycles. The Morgan fingerprint density at radius 3 is 2.31 bits per heavy atom. The normalized spacial score (nSPS) is 19.9. The monoisotopic (exact) mass is 644 g/mol. The highest BCUT2D eigenvalue weighted by Crippen LogP contribution is 2.27. The third-order valence-electron chi connectivity index (χ3n) is 7.47. The van der Waals surface area contributed by atoms with Crippen LogP contribution in [0, 0.1) is 6.92 Å². The molecule has 2 fully saturated rings. The molecule has 2 aromatic carbocycles. The number of nitrogens with one attached hydrogen (secondary N) is 2. The van der Waals surface area contributed by atoms with Crippen LogP contribution in [0.15, 0.2) is 53.4 Å². The summed E-state index contributed by atoms with van der Waals surface area (Å²) in [6.45, 7) is 8.16. The molecule has 0 spiro atoms. The van der Waals surface area contributed by atoms with Gasteiger partial charge in [-0.25, -0.2) is 22.8 Å². The van der Waals surface area contributed by atoms with Gasteiger partial charge in [0, 0.05) is 32.6 Å². The van der Waals surface area contributed by atoms with Crippen LogP contribution in [0.3, 0.4) is 0 Å². The minimum absolute atomic E-state index is 0.0701. The lowest BCUT2D eigenvalue weighted by Crippen LogP contribution is -2.58. The number of rotatable bonds is 9.